The Morgan fingerprint density at radius 2 is 1.47 bits per heavy atom. The van der Waals surface area contributed by atoms with Crippen molar-refractivity contribution in [1.82, 2.24) is 19.1 Å². The van der Waals surface area contributed by atoms with Gasteiger partial charge in [0.15, 0.2) is 0 Å². The third kappa shape index (κ3) is 2.66. The molecular formula is C10H14N4O. The number of imidazole rings is 2. The first-order chi connectivity index (χ1) is 7.24. The lowest BCUT2D eigenvalue weighted by Crippen LogP contribution is -2.04. The minimum atomic E-state index is 0.512. The van der Waals surface area contributed by atoms with Crippen LogP contribution in [0.4, 0.5) is 0 Å². The number of aryl methyl sites for hydroxylation is 2. The number of hydrogen-bond acceptors (Lipinski definition) is 3. The summed E-state index contributed by atoms with van der Waals surface area (Å²) >= 11 is 0. The first-order valence-electron chi connectivity index (χ1n) is 4.78. The highest BCUT2D eigenvalue weighted by Crippen LogP contribution is 1.97. The van der Waals surface area contributed by atoms with Gasteiger partial charge in [0.05, 0.1) is 24.0 Å². The molecule has 2 rings (SSSR count). The highest BCUT2D eigenvalue weighted by molar-refractivity contribution is 4.92. The van der Waals surface area contributed by atoms with Crippen LogP contribution >= 0.6 is 0 Å². The molecule has 2 aromatic rings. The monoisotopic (exact) mass is 206 g/mol. The molecule has 0 aliphatic rings. The highest BCUT2D eigenvalue weighted by Gasteiger charge is 1.95. The molecule has 0 radical (unpaired) electrons. The average Bonchev–Trinajstić information content (AvgIpc) is 2.76. The topological polar surface area (TPSA) is 44.9 Å². The number of aromatic nitrogens is 4. The Kier molecular flexibility index (Phi) is 2.82. The Bertz CT molecular complexity index is 392. The number of hydrogen-bond donors (Lipinski definition) is 0. The van der Waals surface area contributed by atoms with Crippen molar-refractivity contribution >= 4 is 0 Å². The van der Waals surface area contributed by atoms with Gasteiger partial charge in [-0.2, -0.15) is 0 Å². The molecule has 0 amide bonds. The summed E-state index contributed by atoms with van der Waals surface area (Å²) in [4.78, 5) is 8.22. The molecule has 0 saturated heterocycles. The van der Waals surface area contributed by atoms with E-state index < -0.39 is 0 Å². The Balaban J connectivity index is 1.80. The summed E-state index contributed by atoms with van der Waals surface area (Å²) in [7, 11) is 0. The number of nitrogens with zero attached hydrogens (tertiary/aromatic N) is 4. The van der Waals surface area contributed by atoms with Gasteiger partial charge in [0.2, 0.25) is 0 Å². The second-order valence-electron chi connectivity index (χ2n) is 3.52. The summed E-state index contributed by atoms with van der Waals surface area (Å²) in [5, 5.41) is 0. The molecule has 5 heteroatoms. The molecule has 0 fully saturated rings. The molecule has 15 heavy (non-hydrogen) atoms. The van der Waals surface area contributed by atoms with Crippen LogP contribution in [-0.2, 0) is 18.2 Å². The second-order valence-corrected chi connectivity index (χ2v) is 3.52. The normalized spacial score (nSPS) is 10.8. The molecular weight excluding hydrogens is 192 g/mol. The first-order valence-corrected chi connectivity index (χ1v) is 4.78. The molecule has 2 aromatic heterocycles. The van der Waals surface area contributed by atoms with Gasteiger partial charge in [-0.15, -0.1) is 0 Å². The lowest BCUT2D eigenvalue weighted by atomic mass is 10.6. The van der Waals surface area contributed by atoms with Crippen molar-refractivity contribution in [1.29, 1.82) is 0 Å². The average molecular weight is 206 g/mol. The third-order valence-corrected chi connectivity index (χ3v) is 2.01. The SMILES string of the molecule is Cc1cn(COCn2cnc(C)c2)cn1. The fraction of sp³-hybridized carbons (Fsp3) is 0.400. The maximum Gasteiger partial charge on any atom is 0.126 e. The van der Waals surface area contributed by atoms with E-state index in [1.807, 2.05) is 35.4 Å². The van der Waals surface area contributed by atoms with Crippen LogP contribution in [0.15, 0.2) is 25.0 Å². The van der Waals surface area contributed by atoms with Crippen LogP contribution in [0.5, 0.6) is 0 Å². The van der Waals surface area contributed by atoms with Crippen LogP contribution in [-0.4, -0.2) is 19.1 Å². The molecule has 2 heterocycles. The van der Waals surface area contributed by atoms with Gasteiger partial charge in [-0.1, -0.05) is 0 Å². The molecule has 5 nitrogen and oxygen atoms in total. The Hall–Kier alpha value is -1.62. The minimum Gasteiger partial charge on any atom is -0.340 e. The fourth-order valence-corrected chi connectivity index (χ4v) is 1.34. The van der Waals surface area contributed by atoms with E-state index in [0.29, 0.717) is 13.5 Å². The Morgan fingerprint density at radius 1 is 1.00 bits per heavy atom. The number of rotatable bonds is 4. The van der Waals surface area contributed by atoms with E-state index in [1.165, 1.54) is 0 Å². The van der Waals surface area contributed by atoms with E-state index in [-0.39, 0.29) is 0 Å². The van der Waals surface area contributed by atoms with Crippen LogP contribution in [0.2, 0.25) is 0 Å². The van der Waals surface area contributed by atoms with E-state index in [4.69, 9.17) is 4.74 Å². The molecule has 0 N–H and O–H groups in total. The van der Waals surface area contributed by atoms with Crippen LogP contribution < -0.4 is 0 Å². The van der Waals surface area contributed by atoms with Crippen LogP contribution in [0.1, 0.15) is 11.4 Å². The van der Waals surface area contributed by atoms with Crippen molar-refractivity contribution in [2.45, 2.75) is 27.3 Å². The largest absolute Gasteiger partial charge is 0.340 e. The van der Waals surface area contributed by atoms with Crippen molar-refractivity contribution in [3.63, 3.8) is 0 Å². The molecule has 0 aliphatic heterocycles. The van der Waals surface area contributed by atoms with Gasteiger partial charge < -0.3 is 13.9 Å². The molecule has 0 aromatic carbocycles. The predicted octanol–water partition coefficient (Wildman–Crippen LogP) is 1.33. The van der Waals surface area contributed by atoms with Gasteiger partial charge in [0.25, 0.3) is 0 Å². The molecule has 80 valence electrons. The molecule has 0 spiro atoms. The zero-order chi connectivity index (χ0) is 10.7. The maximum absolute atomic E-state index is 5.48. The minimum absolute atomic E-state index is 0.512. The summed E-state index contributed by atoms with van der Waals surface area (Å²) < 4.78 is 9.28. The molecule has 0 saturated carbocycles. The highest BCUT2D eigenvalue weighted by atomic mass is 16.5. The Labute approximate surface area is 88.3 Å². The van der Waals surface area contributed by atoms with Gasteiger partial charge in [0.1, 0.15) is 13.5 Å². The van der Waals surface area contributed by atoms with Crippen molar-refractivity contribution in [2.24, 2.45) is 0 Å². The molecule has 0 atom stereocenters. The van der Waals surface area contributed by atoms with E-state index in [9.17, 15) is 0 Å². The van der Waals surface area contributed by atoms with Gasteiger partial charge in [-0.3, -0.25) is 0 Å². The summed E-state index contributed by atoms with van der Waals surface area (Å²) in [6.07, 6.45) is 7.40. The molecule has 0 unspecified atom stereocenters. The number of ether oxygens (including phenoxy) is 1. The standard InChI is InChI=1S/C10H14N4O/c1-9-3-13(5-11-9)7-15-8-14-4-10(2)12-6-14/h3-6H,7-8H2,1-2H3. The zero-order valence-corrected chi connectivity index (χ0v) is 8.92. The molecule has 0 aliphatic carbocycles. The van der Waals surface area contributed by atoms with Crippen molar-refractivity contribution in [3.8, 4) is 0 Å². The van der Waals surface area contributed by atoms with Gasteiger partial charge in [0, 0.05) is 12.4 Å². The lowest BCUT2D eigenvalue weighted by Gasteiger charge is -2.04. The van der Waals surface area contributed by atoms with Crippen LogP contribution in [0, 0.1) is 13.8 Å². The van der Waals surface area contributed by atoms with Crippen molar-refractivity contribution < 1.29 is 4.74 Å². The zero-order valence-electron chi connectivity index (χ0n) is 8.92. The van der Waals surface area contributed by atoms with Gasteiger partial charge in [-0.05, 0) is 13.8 Å². The summed E-state index contributed by atoms with van der Waals surface area (Å²) in [5.41, 5.74) is 1.99. The van der Waals surface area contributed by atoms with E-state index in [0.717, 1.165) is 11.4 Å². The predicted molar refractivity (Wildman–Crippen MR) is 55.0 cm³/mol. The van der Waals surface area contributed by atoms with Gasteiger partial charge >= 0.3 is 0 Å². The third-order valence-electron chi connectivity index (χ3n) is 2.01. The van der Waals surface area contributed by atoms with E-state index in [1.54, 1.807) is 12.7 Å². The quantitative estimate of drug-likeness (QED) is 0.758. The van der Waals surface area contributed by atoms with E-state index >= 15 is 0 Å². The van der Waals surface area contributed by atoms with Crippen LogP contribution in [0.3, 0.4) is 0 Å². The summed E-state index contributed by atoms with van der Waals surface area (Å²) in [6, 6.07) is 0. The van der Waals surface area contributed by atoms with E-state index in [2.05, 4.69) is 9.97 Å². The maximum atomic E-state index is 5.48. The second kappa shape index (κ2) is 4.27. The van der Waals surface area contributed by atoms with Gasteiger partial charge in [-0.25, -0.2) is 9.97 Å². The van der Waals surface area contributed by atoms with Crippen LogP contribution in [0.25, 0.3) is 0 Å². The fourth-order valence-electron chi connectivity index (χ4n) is 1.34. The van der Waals surface area contributed by atoms with Crippen molar-refractivity contribution in [2.75, 3.05) is 0 Å². The molecule has 0 bridgehead atoms. The summed E-state index contributed by atoms with van der Waals surface area (Å²) in [6.45, 7) is 4.93. The smallest absolute Gasteiger partial charge is 0.126 e. The lowest BCUT2D eigenvalue weighted by molar-refractivity contribution is 0.0273. The van der Waals surface area contributed by atoms with Crippen molar-refractivity contribution in [3.05, 3.63) is 36.4 Å². The Morgan fingerprint density at radius 3 is 1.80 bits per heavy atom. The first kappa shape index (κ1) is 9.92. The summed E-state index contributed by atoms with van der Waals surface area (Å²) in [5.74, 6) is 0.